The summed E-state index contributed by atoms with van der Waals surface area (Å²) in [5, 5.41) is 4.14. The van der Waals surface area contributed by atoms with Gasteiger partial charge in [-0.05, 0) is 48.7 Å². The average Bonchev–Trinajstić information content (AvgIpc) is 2.94. The smallest absolute Gasteiger partial charge is 0.230 e. The van der Waals surface area contributed by atoms with Crippen LogP contribution in [0.25, 0.3) is 10.2 Å². The number of ether oxygens (including phenoxy) is 1. The number of thiazole rings is 1. The van der Waals surface area contributed by atoms with Crippen LogP contribution in [0.1, 0.15) is 16.7 Å². The molecule has 0 aliphatic heterocycles. The molecule has 1 aromatic heterocycles. The standard InChI is InChI=1S/C18H17ClN2O2S/c1-10-8-12(4-6-14(10)23-3)9-16(22)20-18-21-17-11(2)13(19)5-7-15(17)24-18/h4-8H,9H2,1-3H3,(H,20,21,22). The lowest BCUT2D eigenvalue weighted by molar-refractivity contribution is -0.115. The third-order valence-electron chi connectivity index (χ3n) is 3.82. The van der Waals surface area contributed by atoms with Gasteiger partial charge in [-0.25, -0.2) is 4.98 Å². The molecular formula is C18H17ClN2O2S. The summed E-state index contributed by atoms with van der Waals surface area (Å²) in [6, 6.07) is 9.50. The molecule has 0 radical (unpaired) electrons. The van der Waals surface area contributed by atoms with Gasteiger partial charge in [0.25, 0.3) is 0 Å². The summed E-state index contributed by atoms with van der Waals surface area (Å²) < 4.78 is 6.24. The number of benzene rings is 2. The molecule has 1 N–H and O–H groups in total. The lowest BCUT2D eigenvalue weighted by Crippen LogP contribution is -2.14. The maximum Gasteiger partial charge on any atom is 0.230 e. The van der Waals surface area contributed by atoms with Crippen LogP contribution in [0.5, 0.6) is 5.75 Å². The second-order valence-electron chi connectivity index (χ2n) is 5.57. The largest absolute Gasteiger partial charge is 0.496 e. The molecule has 0 atom stereocenters. The molecule has 2 aromatic carbocycles. The predicted molar refractivity (Wildman–Crippen MR) is 99.4 cm³/mol. The maximum atomic E-state index is 12.3. The molecule has 0 spiro atoms. The number of fused-ring (bicyclic) bond motifs is 1. The number of nitrogens with zero attached hydrogens (tertiary/aromatic N) is 1. The maximum absolute atomic E-state index is 12.3. The molecule has 4 nitrogen and oxygen atoms in total. The normalized spacial score (nSPS) is 10.8. The van der Waals surface area contributed by atoms with Gasteiger partial charge in [0.05, 0.1) is 23.7 Å². The highest BCUT2D eigenvalue weighted by Crippen LogP contribution is 2.31. The fraction of sp³-hybridized carbons (Fsp3) is 0.222. The summed E-state index contributed by atoms with van der Waals surface area (Å²) in [6.45, 7) is 3.89. The van der Waals surface area contributed by atoms with Crippen LogP contribution in [0.3, 0.4) is 0 Å². The zero-order valence-electron chi connectivity index (χ0n) is 13.6. The molecule has 0 fully saturated rings. The van der Waals surface area contributed by atoms with Gasteiger partial charge in [-0.1, -0.05) is 35.1 Å². The third kappa shape index (κ3) is 3.37. The number of carbonyl (C=O) groups excluding carboxylic acids is 1. The van der Waals surface area contributed by atoms with E-state index in [1.807, 2.05) is 44.2 Å². The van der Waals surface area contributed by atoms with Gasteiger partial charge < -0.3 is 10.1 Å². The van der Waals surface area contributed by atoms with Crippen LogP contribution < -0.4 is 10.1 Å². The summed E-state index contributed by atoms with van der Waals surface area (Å²) in [4.78, 5) is 16.8. The van der Waals surface area contributed by atoms with E-state index < -0.39 is 0 Å². The number of rotatable bonds is 4. The number of amides is 1. The summed E-state index contributed by atoms with van der Waals surface area (Å²) in [5.41, 5.74) is 3.71. The van der Waals surface area contributed by atoms with E-state index in [0.717, 1.165) is 32.7 Å². The Balaban J connectivity index is 1.75. The average molecular weight is 361 g/mol. The van der Waals surface area contributed by atoms with Crippen LogP contribution in [-0.4, -0.2) is 18.0 Å². The molecular weight excluding hydrogens is 344 g/mol. The molecule has 6 heteroatoms. The highest BCUT2D eigenvalue weighted by Gasteiger charge is 2.12. The highest BCUT2D eigenvalue weighted by molar-refractivity contribution is 7.22. The minimum Gasteiger partial charge on any atom is -0.496 e. The fourth-order valence-electron chi connectivity index (χ4n) is 2.55. The van der Waals surface area contributed by atoms with Gasteiger partial charge in [0, 0.05) is 5.02 Å². The summed E-state index contributed by atoms with van der Waals surface area (Å²) in [7, 11) is 1.64. The number of hydrogen-bond donors (Lipinski definition) is 1. The first-order valence-corrected chi connectivity index (χ1v) is 8.66. The van der Waals surface area contributed by atoms with E-state index in [1.54, 1.807) is 7.11 Å². The predicted octanol–water partition coefficient (Wildman–Crippen LogP) is 4.76. The highest BCUT2D eigenvalue weighted by atomic mass is 35.5. The van der Waals surface area contributed by atoms with Crippen LogP contribution in [0, 0.1) is 13.8 Å². The molecule has 124 valence electrons. The van der Waals surface area contributed by atoms with Crippen molar-refractivity contribution in [3.8, 4) is 5.75 Å². The molecule has 0 saturated carbocycles. The summed E-state index contributed by atoms with van der Waals surface area (Å²) in [6.07, 6.45) is 0.292. The van der Waals surface area contributed by atoms with Gasteiger partial charge in [0.1, 0.15) is 5.75 Å². The van der Waals surface area contributed by atoms with E-state index >= 15 is 0 Å². The van der Waals surface area contributed by atoms with E-state index in [9.17, 15) is 4.79 Å². The Hall–Kier alpha value is -2.11. The van der Waals surface area contributed by atoms with Crippen LogP contribution in [-0.2, 0) is 11.2 Å². The monoisotopic (exact) mass is 360 g/mol. The second kappa shape index (κ2) is 6.79. The quantitative estimate of drug-likeness (QED) is 0.730. The number of anilines is 1. The lowest BCUT2D eigenvalue weighted by atomic mass is 10.1. The van der Waals surface area contributed by atoms with Gasteiger partial charge in [-0.3, -0.25) is 4.79 Å². The molecule has 0 saturated heterocycles. The van der Waals surface area contributed by atoms with Crippen LogP contribution in [0.4, 0.5) is 5.13 Å². The number of halogens is 1. The molecule has 0 bridgehead atoms. The molecule has 1 heterocycles. The van der Waals surface area contributed by atoms with Crippen molar-refractivity contribution in [2.45, 2.75) is 20.3 Å². The van der Waals surface area contributed by atoms with Crippen molar-refractivity contribution in [1.29, 1.82) is 0 Å². The molecule has 3 aromatic rings. The van der Waals surface area contributed by atoms with E-state index in [0.29, 0.717) is 16.6 Å². The number of aromatic nitrogens is 1. The van der Waals surface area contributed by atoms with Crippen molar-refractivity contribution in [3.63, 3.8) is 0 Å². The van der Waals surface area contributed by atoms with E-state index in [-0.39, 0.29) is 5.91 Å². The van der Waals surface area contributed by atoms with Gasteiger partial charge >= 0.3 is 0 Å². The van der Waals surface area contributed by atoms with Gasteiger partial charge in [-0.15, -0.1) is 0 Å². The summed E-state index contributed by atoms with van der Waals surface area (Å²) in [5.74, 6) is 0.722. The van der Waals surface area contributed by atoms with Gasteiger partial charge in [0.2, 0.25) is 5.91 Å². The van der Waals surface area contributed by atoms with Crippen molar-refractivity contribution in [3.05, 3.63) is 52.0 Å². The first-order valence-electron chi connectivity index (χ1n) is 7.47. The molecule has 0 aliphatic rings. The Kier molecular flexibility index (Phi) is 4.73. The van der Waals surface area contributed by atoms with E-state index in [4.69, 9.17) is 16.3 Å². The van der Waals surface area contributed by atoms with E-state index in [1.165, 1.54) is 11.3 Å². The zero-order valence-corrected chi connectivity index (χ0v) is 15.2. The topological polar surface area (TPSA) is 51.2 Å². The minimum atomic E-state index is -0.0950. The number of nitrogens with one attached hydrogen (secondary N) is 1. The Morgan fingerprint density at radius 1 is 1.29 bits per heavy atom. The number of aryl methyl sites for hydroxylation is 2. The Morgan fingerprint density at radius 3 is 2.79 bits per heavy atom. The van der Waals surface area contributed by atoms with Crippen molar-refractivity contribution in [2.24, 2.45) is 0 Å². The van der Waals surface area contributed by atoms with Crippen molar-refractivity contribution in [1.82, 2.24) is 4.98 Å². The first kappa shape index (κ1) is 16.7. The summed E-state index contributed by atoms with van der Waals surface area (Å²) >= 11 is 7.56. The fourth-order valence-corrected chi connectivity index (χ4v) is 3.65. The number of hydrogen-bond acceptors (Lipinski definition) is 4. The van der Waals surface area contributed by atoms with Crippen LogP contribution >= 0.6 is 22.9 Å². The third-order valence-corrected chi connectivity index (χ3v) is 5.16. The first-order chi connectivity index (χ1) is 11.5. The second-order valence-corrected chi connectivity index (χ2v) is 7.00. The number of methoxy groups -OCH3 is 1. The zero-order chi connectivity index (χ0) is 17.3. The Bertz CT molecular complexity index is 921. The SMILES string of the molecule is COc1ccc(CC(=O)Nc2nc3c(C)c(Cl)ccc3s2)cc1C. The Morgan fingerprint density at radius 2 is 2.08 bits per heavy atom. The molecule has 24 heavy (non-hydrogen) atoms. The van der Waals surface area contributed by atoms with Crippen molar-refractivity contribution < 1.29 is 9.53 Å². The van der Waals surface area contributed by atoms with Crippen LogP contribution in [0.2, 0.25) is 5.02 Å². The van der Waals surface area contributed by atoms with Crippen LogP contribution in [0.15, 0.2) is 30.3 Å². The van der Waals surface area contributed by atoms with Crippen molar-refractivity contribution in [2.75, 3.05) is 12.4 Å². The Labute approximate surface area is 149 Å². The van der Waals surface area contributed by atoms with Crippen molar-refractivity contribution >= 4 is 44.2 Å². The lowest BCUT2D eigenvalue weighted by Gasteiger charge is -2.07. The van der Waals surface area contributed by atoms with Gasteiger partial charge in [-0.2, -0.15) is 0 Å². The van der Waals surface area contributed by atoms with Gasteiger partial charge in [0.15, 0.2) is 5.13 Å². The molecule has 0 aliphatic carbocycles. The van der Waals surface area contributed by atoms with E-state index in [2.05, 4.69) is 10.3 Å². The molecule has 3 rings (SSSR count). The molecule has 0 unspecified atom stereocenters. The molecule has 1 amide bonds. The number of carbonyl (C=O) groups is 1. The minimum absolute atomic E-state index is 0.0950.